The third-order valence-electron chi connectivity index (χ3n) is 4.06. The van der Waals surface area contributed by atoms with Crippen molar-refractivity contribution in [2.75, 3.05) is 11.1 Å². The highest BCUT2D eigenvalue weighted by Gasteiger charge is 2.15. The van der Waals surface area contributed by atoms with E-state index >= 15 is 0 Å². The van der Waals surface area contributed by atoms with Gasteiger partial charge in [0.2, 0.25) is 5.91 Å². The molecule has 0 spiro atoms. The van der Waals surface area contributed by atoms with Crippen molar-refractivity contribution >= 4 is 46.6 Å². The van der Waals surface area contributed by atoms with E-state index in [4.69, 9.17) is 27.9 Å². The summed E-state index contributed by atoms with van der Waals surface area (Å²) < 4.78 is 7.72. The fraction of sp³-hybridized carbons (Fsp3) is 0.250. The Morgan fingerprint density at radius 2 is 1.83 bits per heavy atom. The topological polar surface area (TPSA) is 69.0 Å². The van der Waals surface area contributed by atoms with Crippen molar-refractivity contribution in [3.05, 3.63) is 63.9 Å². The average molecular weight is 451 g/mol. The maximum Gasteiger partial charge on any atom is 0.234 e. The second kappa shape index (κ2) is 10.0. The first-order valence-electron chi connectivity index (χ1n) is 8.96. The summed E-state index contributed by atoms with van der Waals surface area (Å²) in [5, 5.41) is 12.6. The molecule has 3 rings (SSSR count). The molecule has 29 heavy (non-hydrogen) atoms. The molecule has 152 valence electrons. The molecular formula is C20H20Cl2N4O2S. The summed E-state index contributed by atoms with van der Waals surface area (Å²) in [6.45, 7) is 4.98. The third kappa shape index (κ3) is 5.65. The molecule has 0 aliphatic carbocycles. The van der Waals surface area contributed by atoms with Gasteiger partial charge < -0.3 is 14.6 Å². The van der Waals surface area contributed by atoms with Crippen LogP contribution in [0.15, 0.2) is 47.6 Å². The van der Waals surface area contributed by atoms with E-state index < -0.39 is 0 Å². The maximum absolute atomic E-state index is 12.3. The molecule has 0 radical (unpaired) electrons. The second-order valence-electron chi connectivity index (χ2n) is 6.18. The van der Waals surface area contributed by atoms with Crippen LogP contribution in [0.3, 0.4) is 0 Å². The van der Waals surface area contributed by atoms with Crippen molar-refractivity contribution in [3.8, 4) is 5.75 Å². The van der Waals surface area contributed by atoms with Crippen LogP contribution >= 0.6 is 35.0 Å². The number of benzene rings is 2. The van der Waals surface area contributed by atoms with Gasteiger partial charge in [0.25, 0.3) is 0 Å². The molecule has 0 saturated carbocycles. The molecule has 1 aromatic heterocycles. The molecule has 1 heterocycles. The number of rotatable bonds is 8. The summed E-state index contributed by atoms with van der Waals surface area (Å²) in [6.07, 6.45) is 0. The number of nitrogens with one attached hydrogen (secondary N) is 1. The number of ether oxygens (including phenoxy) is 1. The van der Waals surface area contributed by atoms with Crippen molar-refractivity contribution in [1.29, 1.82) is 0 Å². The zero-order chi connectivity index (χ0) is 20.8. The lowest BCUT2D eigenvalue weighted by Crippen LogP contribution is -2.15. The third-order valence-corrected chi connectivity index (χ3v) is 5.65. The molecule has 0 fully saturated rings. The Labute approximate surface area is 183 Å². The molecule has 3 aromatic rings. The zero-order valence-corrected chi connectivity index (χ0v) is 18.3. The number of hydrogen-bond donors (Lipinski definition) is 1. The first-order valence-corrected chi connectivity index (χ1v) is 10.7. The van der Waals surface area contributed by atoms with E-state index in [1.165, 1.54) is 17.3 Å². The van der Waals surface area contributed by atoms with Gasteiger partial charge in [0.05, 0.1) is 21.5 Å². The first kappa shape index (κ1) is 21.5. The molecule has 2 aromatic carbocycles. The fourth-order valence-electron chi connectivity index (χ4n) is 2.56. The van der Waals surface area contributed by atoms with Crippen molar-refractivity contribution in [2.24, 2.45) is 0 Å². The van der Waals surface area contributed by atoms with Crippen LogP contribution in [0.4, 0.5) is 5.69 Å². The highest BCUT2D eigenvalue weighted by atomic mass is 35.5. The zero-order valence-electron chi connectivity index (χ0n) is 16.0. The van der Waals surface area contributed by atoms with Gasteiger partial charge in [-0.3, -0.25) is 4.79 Å². The fourth-order valence-corrected chi connectivity index (χ4v) is 3.87. The number of para-hydroxylation sites is 1. The van der Waals surface area contributed by atoms with Crippen LogP contribution in [-0.2, 0) is 17.9 Å². The minimum atomic E-state index is -0.229. The molecular weight excluding hydrogens is 431 g/mol. The van der Waals surface area contributed by atoms with Crippen LogP contribution in [0.25, 0.3) is 0 Å². The Kier molecular flexibility index (Phi) is 7.41. The van der Waals surface area contributed by atoms with E-state index in [9.17, 15) is 4.79 Å². The standard InChI is InChI=1S/C20H20Cl2N4O2S/c1-3-26-17(11-28-14-9-7-13(2)8-10-14)24-25-20(26)29-12-18(27)23-19-15(21)5-4-6-16(19)22/h4-10H,3,11-12H2,1-2H3,(H,23,27). The predicted octanol–water partition coefficient (Wildman–Crippen LogP) is 5.22. The normalized spacial score (nSPS) is 10.8. The predicted molar refractivity (Wildman–Crippen MR) is 117 cm³/mol. The van der Waals surface area contributed by atoms with Gasteiger partial charge in [0.1, 0.15) is 12.4 Å². The molecule has 6 nitrogen and oxygen atoms in total. The van der Waals surface area contributed by atoms with Gasteiger partial charge in [-0.1, -0.05) is 58.7 Å². The molecule has 1 N–H and O–H groups in total. The number of nitrogens with zero attached hydrogens (tertiary/aromatic N) is 3. The van der Waals surface area contributed by atoms with E-state index in [2.05, 4.69) is 15.5 Å². The number of carbonyl (C=O) groups excluding carboxylic acids is 1. The Morgan fingerprint density at radius 3 is 2.48 bits per heavy atom. The number of anilines is 1. The summed E-state index contributed by atoms with van der Waals surface area (Å²) in [7, 11) is 0. The van der Waals surface area contributed by atoms with Crippen molar-refractivity contribution in [3.63, 3.8) is 0 Å². The lowest BCUT2D eigenvalue weighted by atomic mass is 10.2. The monoisotopic (exact) mass is 450 g/mol. The maximum atomic E-state index is 12.3. The van der Waals surface area contributed by atoms with Gasteiger partial charge in [0.15, 0.2) is 11.0 Å². The van der Waals surface area contributed by atoms with E-state index in [1.54, 1.807) is 18.2 Å². The molecule has 1 amide bonds. The smallest absolute Gasteiger partial charge is 0.234 e. The van der Waals surface area contributed by atoms with E-state index in [-0.39, 0.29) is 11.7 Å². The van der Waals surface area contributed by atoms with Gasteiger partial charge >= 0.3 is 0 Å². The SMILES string of the molecule is CCn1c(COc2ccc(C)cc2)nnc1SCC(=O)Nc1c(Cl)cccc1Cl. The van der Waals surface area contributed by atoms with Gasteiger partial charge in [-0.25, -0.2) is 0 Å². The first-order chi connectivity index (χ1) is 14.0. The van der Waals surface area contributed by atoms with E-state index in [0.29, 0.717) is 39.9 Å². The minimum Gasteiger partial charge on any atom is -0.486 e. The minimum absolute atomic E-state index is 0.151. The van der Waals surface area contributed by atoms with Crippen LogP contribution in [0.1, 0.15) is 18.3 Å². The average Bonchev–Trinajstić information content (AvgIpc) is 3.10. The van der Waals surface area contributed by atoms with Crippen LogP contribution in [0.5, 0.6) is 5.75 Å². The Hall–Kier alpha value is -2.22. The number of carbonyl (C=O) groups is 1. The van der Waals surface area contributed by atoms with Gasteiger partial charge in [-0.15, -0.1) is 10.2 Å². The van der Waals surface area contributed by atoms with Gasteiger partial charge in [-0.2, -0.15) is 0 Å². The molecule has 9 heteroatoms. The van der Waals surface area contributed by atoms with Gasteiger partial charge in [0, 0.05) is 6.54 Å². The number of thioether (sulfide) groups is 1. The second-order valence-corrected chi connectivity index (χ2v) is 7.94. The molecule has 0 saturated heterocycles. The molecule has 0 atom stereocenters. The summed E-state index contributed by atoms with van der Waals surface area (Å²) in [4.78, 5) is 12.3. The molecule has 0 unspecified atom stereocenters. The molecule has 0 aliphatic heterocycles. The highest BCUT2D eigenvalue weighted by molar-refractivity contribution is 7.99. The number of halogens is 2. The van der Waals surface area contributed by atoms with E-state index in [1.807, 2.05) is 42.7 Å². The Morgan fingerprint density at radius 1 is 1.14 bits per heavy atom. The number of aromatic nitrogens is 3. The van der Waals surface area contributed by atoms with Crippen LogP contribution < -0.4 is 10.1 Å². The Bertz CT molecular complexity index is 972. The van der Waals surface area contributed by atoms with Crippen LogP contribution in [0.2, 0.25) is 10.0 Å². The lowest BCUT2D eigenvalue weighted by Gasteiger charge is -2.10. The van der Waals surface area contributed by atoms with Crippen LogP contribution in [-0.4, -0.2) is 26.4 Å². The summed E-state index contributed by atoms with van der Waals surface area (Å²) in [6, 6.07) is 12.9. The van der Waals surface area contributed by atoms with E-state index in [0.717, 1.165) is 5.75 Å². The quantitative estimate of drug-likeness (QED) is 0.476. The van der Waals surface area contributed by atoms with Crippen molar-refractivity contribution in [2.45, 2.75) is 32.2 Å². The van der Waals surface area contributed by atoms with Gasteiger partial charge in [-0.05, 0) is 38.1 Å². The highest BCUT2D eigenvalue weighted by Crippen LogP contribution is 2.30. The van der Waals surface area contributed by atoms with Crippen molar-refractivity contribution < 1.29 is 9.53 Å². The number of amides is 1. The molecule has 0 bridgehead atoms. The lowest BCUT2D eigenvalue weighted by molar-refractivity contribution is -0.113. The number of aryl methyl sites for hydroxylation is 1. The Balaban J connectivity index is 1.59. The van der Waals surface area contributed by atoms with Crippen LogP contribution in [0, 0.1) is 6.92 Å². The summed E-state index contributed by atoms with van der Waals surface area (Å²) >= 11 is 13.5. The largest absolute Gasteiger partial charge is 0.486 e. The number of hydrogen-bond acceptors (Lipinski definition) is 5. The summed E-state index contributed by atoms with van der Waals surface area (Å²) in [5.74, 6) is 1.39. The molecule has 0 aliphatic rings. The summed E-state index contributed by atoms with van der Waals surface area (Å²) in [5.41, 5.74) is 1.58. The van der Waals surface area contributed by atoms with Crippen molar-refractivity contribution in [1.82, 2.24) is 14.8 Å².